The molecule has 0 radical (unpaired) electrons. The first-order valence-electron chi connectivity index (χ1n) is 8.56. The molecule has 4 N–H and O–H groups in total. The average Bonchev–Trinajstić information content (AvgIpc) is 3.23. The summed E-state index contributed by atoms with van der Waals surface area (Å²) in [5.41, 5.74) is 14.5. The molecule has 138 valence electrons. The summed E-state index contributed by atoms with van der Waals surface area (Å²) in [7, 11) is 0. The Morgan fingerprint density at radius 1 is 1.23 bits per heavy atom. The summed E-state index contributed by atoms with van der Waals surface area (Å²) in [6, 6.07) is 5.87. The number of hydrogen-bond donors (Lipinski definition) is 2. The molecule has 1 aliphatic heterocycles. The zero-order chi connectivity index (χ0) is 18.7. The molecule has 0 saturated heterocycles. The van der Waals surface area contributed by atoms with Crippen LogP contribution in [0.4, 0.5) is 5.82 Å². The number of aromatic nitrogens is 3. The van der Waals surface area contributed by atoms with Crippen molar-refractivity contribution in [1.82, 2.24) is 14.5 Å². The van der Waals surface area contributed by atoms with Crippen molar-refractivity contribution in [2.75, 3.05) is 19.1 Å². The third kappa shape index (κ3) is 3.30. The molecule has 3 heterocycles. The van der Waals surface area contributed by atoms with E-state index in [9.17, 15) is 0 Å². The Labute approximate surface area is 156 Å². The molecule has 2 aromatic heterocycles. The molecule has 0 atom stereocenters. The molecule has 0 amide bonds. The number of aryl methyl sites for hydroxylation is 1. The minimum absolute atomic E-state index is 0.261. The zero-order valence-corrected chi connectivity index (χ0v) is 16.0. The predicted octanol–water partition coefficient (Wildman–Crippen LogP) is 3.19. The van der Waals surface area contributed by atoms with Crippen LogP contribution in [0.15, 0.2) is 34.4 Å². The number of hydrogen-bond acceptors (Lipinski definition) is 7. The van der Waals surface area contributed by atoms with Gasteiger partial charge < -0.3 is 25.5 Å². The van der Waals surface area contributed by atoms with Crippen LogP contribution in [0.5, 0.6) is 11.5 Å². The second-order valence-corrected chi connectivity index (χ2v) is 6.48. The Kier molecular flexibility index (Phi) is 5.53. The van der Waals surface area contributed by atoms with Crippen molar-refractivity contribution in [3.05, 3.63) is 30.0 Å². The lowest BCUT2D eigenvalue weighted by Crippen LogP contribution is -2.10. The van der Waals surface area contributed by atoms with Crippen molar-refractivity contribution in [2.45, 2.75) is 37.4 Å². The summed E-state index contributed by atoms with van der Waals surface area (Å²) in [5.74, 6) is 1.96. The summed E-state index contributed by atoms with van der Waals surface area (Å²) < 4.78 is 13.0. The van der Waals surface area contributed by atoms with Gasteiger partial charge in [0.1, 0.15) is 5.52 Å². The summed E-state index contributed by atoms with van der Waals surface area (Å²) in [4.78, 5) is 9.85. The lowest BCUT2D eigenvalue weighted by molar-refractivity contribution is 0.174. The summed E-state index contributed by atoms with van der Waals surface area (Å²) in [6.07, 6.45) is 1.69. The molecule has 8 heteroatoms. The quantitative estimate of drug-likeness (QED) is 0.724. The van der Waals surface area contributed by atoms with Gasteiger partial charge in [-0.2, -0.15) is 0 Å². The summed E-state index contributed by atoms with van der Waals surface area (Å²) >= 11 is 1.56. The monoisotopic (exact) mass is 373 g/mol. The first kappa shape index (κ1) is 18.3. The van der Waals surface area contributed by atoms with Crippen LogP contribution < -0.4 is 20.9 Å². The highest BCUT2D eigenvalue weighted by Crippen LogP contribution is 2.40. The molecule has 1 aromatic carbocycles. The smallest absolute Gasteiger partial charge is 0.231 e. The van der Waals surface area contributed by atoms with Crippen molar-refractivity contribution in [1.29, 1.82) is 0 Å². The van der Waals surface area contributed by atoms with Gasteiger partial charge in [0.15, 0.2) is 22.5 Å². The fourth-order valence-corrected chi connectivity index (χ4v) is 3.73. The molecule has 0 bridgehead atoms. The minimum atomic E-state index is 0.261. The van der Waals surface area contributed by atoms with Crippen molar-refractivity contribution in [3.8, 4) is 11.5 Å². The number of fused-ring (bicyclic) bond motifs is 2. The number of nitrogens with two attached hydrogens (primary N) is 2. The van der Waals surface area contributed by atoms with E-state index in [2.05, 4.69) is 14.5 Å². The molecule has 26 heavy (non-hydrogen) atoms. The predicted molar refractivity (Wildman–Crippen MR) is 104 cm³/mol. The number of nitrogens with zero attached hydrogens (tertiary/aromatic N) is 3. The molecule has 0 unspecified atom stereocenters. The number of imidazole rings is 1. The largest absolute Gasteiger partial charge is 0.454 e. The Balaban J connectivity index is 0.000000948. The van der Waals surface area contributed by atoms with Crippen molar-refractivity contribution in [3.63, 3.8) is 0 Å². The molecule has 7 nitrogen and oxygen atoms in total. The lowest BCUT2D eigenvalue weighted by Gasteiger charge is -2.09. The average molecular weight is 373 g/mol. The van der Waals surface area contributed by atoms with Crippen LogP contribution in [-0.2, 0) is 6.54 Å². The fraction of sp³-hybridized carbons (Fsp3) is 0.333. The number of pyridine rings is 1. The first-order valence-corrected chi connectivity index (χ1v) is 9.38. The molecular formula is C18H23N5O2S. The van der Waals surface area contributed by atoms with E-state index in [1.807, 2.05) is 39.0 Å². The van der Waals surface area contributed by atoms with Crippen molar-refractivity contribution in [2.24, 2.45) is 5.73 Å². The number of anilines is 1. The maximum Gasteiger partial charge on any atom is 0.231 e. The zero-order valence-electron chi connectivity index (χ0n) is 15.2. The van der Waals surface area contributed by atoms with Crippen LogP contribution in [0.1, 0.15) is 19.4 Å². The molecule has 0 fully saturated rings. The van der Waals surface area contributed by atoms with Gasteiger partial charge in [-0.05, 0) is 30.7 Å². The highest BCUT2D eigenvalue weighted by molar-refractivity contribution is 7.99. The van der Waals surface area contributed by atoms with Crippen LogP contribution >= 0.6 is 11.8 Å². The number of ether oxygens (including phenoxy) is 2. The van der Waals surface area contributed by atoms with E-state index in [0.29, 0.717) is 24.4 Å². The van der Waals surface area contributed by atoms with E-state index >= 15 is 0 Å². The van der Waals surface area contributed by atoms with Gasteiger partial charge in [-0.25, -0.2) is 9.97 Å². The van der Waals surface area contributed by atoms with E-state index in [4.69, 9.17) is 20.9 Å². The Morgan fingerprint density at radius 2 is 1.96 bits per heavy atom. The van der Waals surface area contributed by atoms with Crippen molar-refractivity contribution < 1.29 is 9.47 Å². The standard InChI is InChI=1S/C16H17N5O2S.C2H6/c1-9-6-11-12(23-8-22-11)7-13(9)24-16-20-14-10(21(16)5-3-17)2-4-19-15(14)18;1-2/h2,4,6-7H,3,5,8,17H2,1H3,(H2,18,19);1-2H3. The number of rotatable bonds is 4. The van der Waals surface area contributed by atoms with Crippen LogP contribution in [-0.4, -0.2) is 27.9 Å². The Morgan fingerprint density at radius 3 is 2.69 bits per heavy atom. The minimum Gasteiger partial charge on any atom is -0.454 e. The Hall–Kier alpha value is -2.45. The molecular weight excluding hydrogens is 350 g/mol. The van der Waals surface area contributed by atoms with Gasteiger partial charge >= 0.3 is 0 Å². The van der Waals surface area contributed by atoms with Gasteiger partial charge in [0.2, 0.25) is 6.79 Å². The van der Waals surface area contributed by atoms with Gasteiger partial charge in [0, 0.05) is 24.2 Å². The molecule has 0 spiro atoms. The topological polar surface area (TPSA) is 101 Å². The molecule has 4 rings (SSSR count). The second kappa shape index (κ2) is 7.84. The van der Waals surface area contributed by atoms with E-state index < -0.39 is 0 Å². The Bertz CT molecular complexity index is 926. The van der Waals surface area contributed by atoms with Gasteiger partial charge in [-0.15, -0.1) is 0 Å². The molecule has 1 aliphatic rings. The van der Waals surface area contributed by atoms with Gasteiger partial charge in [-0.1, -0.05) is 25.6 Å². The lowest BCUT2D eigenvalue weighted by atomic mass is 10.2. The summed E-state index contributed by atoms with van der Waals surface area (Å²) in [5, 5.41) is 0.831. The van der Waals surface area contributed by atoms with Gasteiger partial charge in [-0.3, -0.25) is 0 Å². The number of benzene rings is 1. The highest BCUT2D eigenvalue weighted by atomic mass is 32.2. The third-order valence-corrected chi connectivity index (χ3v) is 5.04. The first-order chi connectivity index (χ1) is 12.7. The normalized spacial score (nSPS) is 12.2. The van der Waals surface area contributed by atoms with Gasteiger partial charge in [0.05, 0.1) is 5.52 Å². The SMILES string of the molecule is CC.Cc1cc2c(cc1Sc1nc3c(N)nccc3n1CCN)OCO2. The fourth-order valence-electron chi connectivity index (χ4n) is 2.71. The highest BCUT2D eigenvalue weighted by Gasteiger charge is 2.19. The van der Waals surface area contributed by atoms with Gasteiger partial charge in [0.25, 0.3) is 0 Å². The molecule has 0 aliphatic carbocycles. The van der Waals surface area contributed by atoms with E-state index in [0.717, 1.165) is 32.6 Å². The van der Waals surface area contributed by atoms with E-state index in [-0.39, 0.29) is 6.79 Å². The van der Waals surface area contributed by atoms with Crippen LogP contribution in [0.2, 0.25) is 0 Å². The third-order valence-electron chi connectivity index (χ3n) is 3.88. The summed E-state index contributed by atoms with van der Waals surface area (Å²) in [6.45, 7) is 7.47. The molecule has 0 saturated carbocycles. The maximum absolute atomic E-state index is 5.97. The van der Waals surface area contributed by atoms with Crippen LogP contribution in [0.25, 0.3) is 11.0 Å². The molecule has 3 aromatic rings. The number of nitrogen functional groups attached to an aromatic ring is 1. The maximum atomic E-state index is 5.97. The van der Waals surface area contributed by atoms with Crippen molar-refractivity contribution >= 4 is 28.6 Å². The van der Waals surface area contributed by atoms with E-state index in [1.165, 1.54) is 0 Å². The van der Waals surface area contributed by atoms with Crippen LogP contribution in [0, 0.1) is 6.92 Å². The van der Waals surface area contributed by atoms with E-state index in [1.54, 1.807) is 18.0 Å². The van der Waals surface area contributed by atoms with Crippen LogP contribution in [0.3, 0.4) is 0 Å². The second-order valence-electron chi connectivity index (χ2n) is 5.47.